The lowest BCUT2D eigenvalue weighted by Crippen LogP contribution is -1.92. The van der Waals surface area contributed by atoms with E-state index in [1.807, 2.05) is 22.7 Å². The smallest absolute Gasteiger partial charge is 0.0434 e. The molecule has 12 rings (SSSR count). The molecule has 0 unspecified atom stereocenters. The van der Waals surface area contributed by atoms with Crippen molar-refractivity contribution in [3.63, 3.8) is 0 Å². The van der Waals surface area contributed by atoms with Gasteiger partial charge in [0.05, 0.1) is 0 Å². The van der Waals surface area contributed by atoms with E-state index < -0.39 is 0 Å². The summed E-state index contributed by atoms with van der Waals surface area (Å²) in [6.45, 7) is 0. The van der Waals surface area contributed by atoms with Crippen LogP contribution < -0.4 is 0 Å². The van der Waals surface area contributed by atoms with E-state index in [-0.39, 0.29) is 0 Å². The molecule has 0 aliphatic carbocycles. The first-order chi connectivity index (χ1) is 26.8. The average molecular weight is 719 g/mol. The van der Waals surface area contributed by atoms with E-state index in [1.54, 1.807) is 0 Å². The molecule has 0 saturated heterocycles. The van der Waals surface area contributed by atoms with Crippen molar-refractivity contribution in [1.82, 2.24) is 0 Å². The summed E-state index contributed by atoms with van der Waals surface area (Å²) in [6.07, 6.45) is 0. The molecule has 250 valence electrons. The molecule has 0 nitrogen and oxygen atoms in total. The molecule has 0 fully saturated rings. The van der Waals surface area contributed by atoms with E-state index >= 15 is 0 Å². The van der Waals surface area contributed by atoms with Crippen LogP contribution in [0.1, 0.15) is 0 Å². The van der Waals surface area contributed by atoms with Crippen molar-refractivity contribution < 1.29 is 0 Å². The summed E-state index contributed by atoms with van der Waals surface area (Å²) >= 11 is 3.83. The quantitative estimate of drug-likeness (QED) is 0.160. The Morgan fingerprint density at radius 1 is 0.278 bits per heavy atom. The van der Waals surface area contributed by atoms with Gasteiger partial charge in [0.2, 0.25) is 0 Å². The van der Waals surface area contributed by atoms with Gasteiger partial charge in [0.25, 0.3) is 0 Å². The highest BCUT2D eigenvalue weighted by Crippen LogP contribution is 2.49. The predicted octanol–water partition coefficient (Wildman–Crippen LogP) is 16.0. The molecular formula is C52H30S2. The van der Waals surface area contributed by atoms with Crippen molar-refractivity contribution >= 4 is 106 Å². The Kier molecular flexibility index (Phi) is 6.48. The lowest BCUT2D eigenvalue weighted by Gasteiger charge is -2.19. The molecule has 0 bridgehead atoms. The molecule has 10 aromatic carbocycles. The van der Waals surface area contributed by atoms with Crippen molar-refractivity contribution in [2.24, 2.45) is 0 Å². The van der Waals surface area contributed by atoms with Gasteiger partial charge in [-0.2, -0.15) is 0 Å². The van der Waals surface area contributed by atoms with Gasteiger partial charge in [0.1, 0.15) is 0 Å². The average Bonchev–Trinajstić information content (AvgIpc) is 3.81. The maximum absolute atomic E-state index is 2.49. The van der Waals surface area contributed by atoms with Crippen molar-refractivity contribution in [2.75, 3.05) is 0 Å². The maximum atomic E-state index is 2.49. The molecule has 2 aromatic heterocycles. The minimum Gasteiger partial charge on any atom is -0.135 e. The van der Waals surface area contributed by atoms with E-state index in [0.29, 0.717) is 0 Å². The molecule has 0 N–H and O–H groups in total. The summed E-state index contributed by atoms with van der Waals surface area (Å²) in [4.78, 5) is 0. The summed E-state index contributed by atoms with van der Waals surface area (Å²) in [6, 6.07) is 67.8. The predicted molar refractivity (Wildman–Crippen MR) is 239 cm³/mol. The van der Waals surface area contributed by atoms with Crippen LogP contribution in [0.2, 0.25) is 0 Å². The standard InChI is InChI=1S/C52H30S2/c1-2-17-34-31(13-1)14-12-25-36(34)49-39-21-6-4-19-37(39)48(38-20-5-7-22-40(38)49)33-16-11-15-32(29-33)43-30-44-51-47(54-52(44)41-23-8-3-18-35(41)43)28-27-46-50(51)42-24-9-10-26-45(42)53-46/h1-30H. The second-order valence-corrected chi connectivity index (χ2v) is 16.4. The van der Waals surface area contributed by atoms with E-state index in [0.717, 1.165) is 0 Å². The van der Waals surface area contributed by atoms with Crippen molar-refractivity contribution in [1.29, 1.82) is 0 Å². The highest BCUT2D eigenvalue weighted by molar-refractivity contribution is 7.28. The number of benzene rings is 10. The first-order valence-electron chi connectivity index (χ1n) is 18.5. The summed E-state index contributed by atoms with van der Waals surface area (Å²) in [7, 11) is 0. The number of fused-ring (bicyclic) bond motifs is 12. The van der Waals surface area contributed by atoms with Gasteiger partial charge < -0.3 is 0 Å². The zero-order valence-electron chi connectivity index (χ0n) is 29.1. The number of hydrogen-bond donors (Lipinski definition) is 0. The molecule has 0 saturated carbocycles. The molecule has 0 aliphatic heterocycles. The first-order valence-corrected chi connectivity index (χ1v) is 20.1. The molecule has 12 aromatic rings. The van der Waals surface area contributed by atoms with Crippen molar-refractivity contribution in [2.45, 2.75) is 0 Å². The molecule has 2 heterocycles. The van der Waals surface area contributed by atoms with Gasteiger partial charge in [0, 0.05) is 45.7 Å². The Morgan fingerprint density at radius 3 is 1.57 bits per heavy atom. The van der Waals surface area contributed by atoms with Crippen LogP contribution in [-0.4, -0.2) is 0 Å². The molecular weight excluding hydrogens is 689 g/mol. The molecule has 0 aliphatic rings. The second kappa shape index (κ2) is 11.6. The van der Waals surface area contributed by atoms with Crippen LogP contribution in [0.25, 0.3) is 117 Å². The van der Waals surface area contributed by atoms with E-state index in [9.17, 15) is 0 Å². The van der Waals surface area contributed by atoms with Crippen LogP contribution in [0.5, 0.6) is 0 Å². The van der Waals surface area contributed by atoms with Crippen molar-refractivity contribution in [3.8, 4) is 33.4 Å². The number of rotatable bonds is 3. The number of hydrogen-bond acceptors (Lipinski definition) is 2. The zero-order chi connectivity index (χ0) is 35.3. The monoisotopic (exact) mass is 718 g/mol. The lowest BCUT2D eigenvalue weighted by molar-refractivity contribution is 1.64. The highest BCUT2D eigenvalue weighted by Gasteiger charge is 2.20. The first kappa shape index (κ1) is 30.2. The normalized spacial score (nSPS) is 12.1. The van der Waals surface area contributed by atoms with Crippen LogP contribution >= 0.6 is 22.7 Å². The van der Waals surface area contributed by atoms with Crippen LogP contribution in [0, 0.1) is 0 Å². The SMILES string of the molecule is c1cc(-c2c3ccccc3c(-c3cccc4ccccc34)c3ccccc23)cc(-c2cc3c(sc4ccc5sc6ccccc6c5c43)c3ccccc23)c1. The Bertz CT molecular complexity index is 3440. The van der Waals surface area contributed by atoms with Crippen LogP contribution in [-0.2, 0) is 0 Å². The zero-order valence-corrected chi connectivity index (χ0v) is 30.8. The van der Waals surface area contributed by atoms with Gasteiger partial charge in [-0.3, -0.25) is 0 Å². The van der Waals surface area contributed by atoms with Gasteiger partial charge in [-0.1, -0.05) is 152 Å². The summed E-state index contributed by atoms with van der Waals surface area (Å²) in [5.74, 6) is 0. The molecule has 54 heavy (non-hydrogen) atoms. The summed E-state index contributed by atoms with van der Waals surface area (Å²) in [5, 5.41) is 15.7. The maximum Gasteiger partial charge on any atom is 0.0434 e. The third kappa shape index (κ3) is 4.30. The Morgan fingerprint density at radius 2 is 0.815 bits per heavy atom. The fourth-order valence-corrected chi connectivity index (χ4v) is 11.5. The van der Waals surface area contributed by atoms with Gasteiger partial charge in [-0.25, -0.2) is 0 Å². The third-order valence-electron chi connectivity index (χ3n) is 11.4. The molecule has 0 amide bonds. The fraction of sp³-hybridized carbons (Fsp3) is 0. The van der Waals surface area contributed by atoms with E-state index in [2.05, 4.69) is 182 Å². The minimum atomic E-state index is 1.23. The van der Waals surface area contributed by atoms with Crippen LogP contribution in [0.15, 0.2) is 182 Å². The minimum absolute atomic E-state index is 1.23. The highest BCUT2D eigenvalue weighted by atomic mass is 32.1. The molecule has 0 radical (unpaired) electrons. The summed E-state index contributed by atoms with van der Waals surface area (Å²) in [5.41, 5.74) is 7.59. The number of thiophene rings is 2. The van der Waals surface area contributed by atoms with Gasteiger partial charge in [-0.05, 0) is 101 Å². The van der Waals surface area contributed by atoms with Gasteiger partial charge in [-0.15, -0.1) is 22.7 Å². The van der Waals surface area contributed by atoms with Crippen molar-refractivity contribution in [3.05, 3.63) is 182 Å². The fourth-order valence-electron chi connectivity index (χ4n) is 9.16. The van der Waals surface area contributed by atoms with Crippen LogP contribution in [0.3, 0.4) is 0 Å². The van der Waals surface area contributed by atoms with E-state index in [4.69, 9.17) is 0 Å². The van der Waals surface area contributed by atoms with Gasteiger partial charge in [0.15, 0.2) is 0 Å². The lowest BCUT2D eigenvalue weighted by atomic mass is 9.84. The topological polar surface area (TPSA) is 0 Å². The largest absolute Gasteiger partial charge is 0.135 e. The molecule has 0 atom stereocenters. The van der Waals surface area contributed by atoms with Crippen LogP contribution in [0.4, 0.5) is 0 Å². The Balaban J connectivity index is 1.14. The summed E-state index contributed by atoms with van der Waals surface area (Å²) < 4.78 is 5.41. The Labute approximate surface area is 319 Å². The molecule has 0 spiro atoms. The Hall–Kier alpha value is -6.32. The molecule has 2 heteroatoms. The third-order valence-corrected chi connectivity index (χ3v) is 13.8. The van der Waals surface area contributed by atoms with E-state index in [1.165, 1.54) is 117 Å². The van der Waals surface area contributed by atoms with Gasteiger partial charge >= 0.3 is 0 Å². The second-order valence-electron chi connectivity index (χ2n) is 14.3.